The molecule has 1 aromatic rings. The number of ether oxygens (including phenoxy) is 1. The number of aromatic nitrogens is 1. The molecule has 0 radical (unpaired) electrons. The van der Waals surface area contributed by atoms with Gasteiger partial charge in [0.25, 0.3) is 5.92 Å². The van der Waals surface area contributed by atoms with Gasteiger partial charge in [-0.15, -0.1) is 0 Å². The standard InChI is InChI=1S/C11H15F2N3O/c1-17-6-9-4-11(12,13)7-16(9)10-3-2-8(14)5-15-10/h2-3,5,9H,4,6-7,14H2,1H3/t9-/m1/s1. The Labute approximate surface area is 98.4 Å². The van der Waals surface area contributed by atoms with Crippen LogP contribution in [0.5, 0.6) is 0 Å². The second-order valence-electron chi connectivity index (χ2n) is 4.25. The van der Waals surface area contributed by atoms with E-state index in [1.807, 2.05) is 0 Å². The van der Waals surface area contributed by atoms with E-state index in [0.29, 0.717) is 11.5 Å². The third kappa shape index (κ3) is 2.63. The molecule has 1 saturated heterocycles. The topological polar surface area (TPSA) is 51.4 Å². The molecule has 1 aliphatic rings. The van der Waals surface area contributed by atoms with Crippen molar-refractivity contribution in [3.05, 3.63) is 18.3 Å². The molecule has 0 saturated carbocycles. The van der Waals surface area contributed by atoms with E-state index in [9.17, 15) is 8.78 Å². The van der Waals surface area contributed by atoms with E-state index in [1.165, 1.54) is 13.3 Å². The maximum atomic E-state index is 13.4. The van der Waals surface area contributed by atoms with Gasteiger partial charge in [-0.1, -0.05) is 0 Å². The van der Waals surface area contributed by atoms with Crippen LogP contribution in [0.3, 0.4) is 0 Å². The highest BCUT2D eigenvalue weighted by Gasteiger charge is 2.45. The van der Waals surface area contributed by atoms with Gasteiger partial charge < -0.3 is 15.4 Å². The molecule has 0 spiro atoms. The van der Waals surface area contributed by atoms with Crippen molar-refractivity contribution < 1.29 is 13.5 Å². The van der Waals surface area contributed by atoms with Crippen LogP contribution >= 0.6 is 0 Å². The second-order valence-corrected chi connectivity index (χ2v) is 4.25. The Kier molecular flexibility index (Phi) is 3.15. The predicted octanol–water partition coefficient (Wildman–Crippen LogP) is 1.52. The van der Waals surface area contributed by atoms with Gasteiger partial charge in [-0.25, -0.2) is 13.8 Å². The Morgan fingerprint density at radius 3 is 2.94 bits per heavy atom. The molecule has 94 valence electrons. The number of methoxy groups -OCH3 is 1. The molecule has 2 N–H and O–H groups in total. The Morgan fingerprint density at radius 1 is 1.59 bits per heavy atom. The van der Waals surface area contributed by atoms with Crippen molar-refractivity contribution in [1.29, 1.82) is 0 Å². The van der Waals surface area contributed by atoms with Crippen LogP contribution in [0.4, 0.5) is 20.3 Å². The fraction of sp³-hybridized carbons (Fsp3) is 0.545. The Bertz CT molecular complexity index is 383. The fourth-order valence-corrected chi connectivity index (χ4v) is 2.07. The monoisotopic (exact) mass is 243 g/mol. The minimum Gasteiger partial charge on any atom is -0.397 e. The van der Waals surface area contributed by atoms with Crippen molar-refractivity contribution in [3.8, 4) is 0 Å². The number of rotatable bonds is 3. The maximum Gasteiger partial charge on any atom is 0.267 e. The lowest BCUT2D eigenvalue weighted by Crippen LogP contribution is -2.33. The SMILES string of the molecule is COC[C@H]1CC(F)(F)CN1c1ccc(N)cn1. The lowest BCUT2D eigenvalue weighted by Gasteiger charge is -2.24. The van der Waals surface area contributed by atoms with Crippen molar-refractivity contribution >= 4 is 11.5 Å². The summed E-state index contributed by atoms with van der Waals surface area (Å²) in [6.45, 7) is -0.0560. The van der Waals surface area contributed by atoms with E-state index >= 15 is 0 Å². The molecule has 1 aromatic heterocycles. The first-order valence-electron chi connectivity index (χ1n) is 5.37. The van der Waals surface area contributed by atoms with Gasteiger partial charge in [0.2, 0.25) is 0 Å². The summed E-state index contributed by atoms with van der Waals surface area (Å²) in [6, 6.07) is 2.97. The number of hydrogen-bond acceptors (Lipinski definition) is 4. The van der Waals surface area contributed by atoms with Crippen LogP contribution in [0.1, 0.15) is 6.42 Å². The minimum atomic E-state index is -2.69. The summed E-state index contributed by atoms with van der Waals surface area (Å²) in [5.41, 5.74) is 6.03. The summed E-state index contributed by atoms with van der Waals surface area (Å²) in [4.78, 5) is 5.64. The number of anilines is 2. The molecule has 1 aliphatic heterocycles. The van der Waals surface area contributed by atoms with Crippen molar-refractivity contribution in [2.24, 2.45) is 0 Å². The van der Waals surface area contributed by atoms with Gasteiger partial charge in [0.15, 0.2) is 0 Å². The van der Waals surface area contributed by atoms with Gasteiger partial charge in [-0.3, -0.25) is 0 Å². The molecule has 0 aliphatic carbocycles. The maximum absolute atomic E-state index is 13.4. The normalized spacial score (nSPS) is 23.0. The number of alkyl halides is 2. The zero-order valence-corrected chi connectivity index (χ0v) is 9.57. The number of pyridine rings is 1. The van der Waals surface area contributed by atoms with Crippen molar-refractivity contribution in [3.63, 3.8) is 0 Å². The third-order valence-corrected chi connectivity index (χ3v) is 2.80. The molecule has 1 atom stereocenters. The Balaban J connectivity index is 2.20. The van der Waals surface area contributed by atoms with Crippen molar-refractivity contribution in [2.45, 2.75) is 18.4 Å². The van der Waals surface area contributed by atoms with Crippen LogP contribution in [-0.2, 0) is 4.74 Å². The fourth-order valence-electron chi connectivity index (χ4n) is 2.07. The summed E-state index contributed by atoms with van der Waals surface area (Å²) in [7, 11) is 1.51. The van der Waals surface area contributed by atoms with E-state index in [0.717, 1.165) is 0 Å². The molecule has 17 heavy (non-hydrogen) atoms. The van der Waals surface area contributed by atoms with Crippen LogP contribution in [0.25, 0.3) is 0 Å². The summed E-state index contributed by atoms with van der Waals surface area (Å²) < 4.78 is 31.7. The molecule has 0 amide bonds. The number of halogens is 2. The molecular formula is C11H15F2N3O. The Morgan fingerprint density at radius 2 is 2.35 bits per heavy atom. The van der Waals surface area contributed by atoms with E-state index in [1.54, 1.807) is 17.0 Å². The zero-order valence-electron chi connectivity index (χ0n) is 9.57. The summed E-state index contributed by atoms with van der Waals surface area (Å²) in [5.74, 6) is -2.18. The average Bonchev–Trinajstić information content (AvgIpc) is 2.56. The quantitative estimate of drug-likeness (QED) is 0.874. The number of nitrogen functional groups attached to an aromatic ring is 1. The van der Waals surface area contributed by atoms with E-state index in [-0.39, 0.29) is 25.6 Å². The molecule has 0 unspecified atom stereocenters. The van der Waals surface area contributed by atoms with Crippen LogP contribution in [0.15, 0.2) is 18.3 Å². The van der Waals surface area contributed by atoms with E-state index < -0.39 is 5.92 Å². The lowest BCUT2D eigenvalue weighted by molar-refractivity contribution is 0.0189. The summed E-state index contributed by atoms with van der Waals surface area (Å²) in [6.07, 6.45) is 1.27. The number of nitrogens with two attached hydrogens (primary N) is 1. The Hall–Kier alpha value is -1.43. The van der Waals surface area contributed by atoms with Gasteiger partial charge in [0, 0.05) is 13.5 Å². The molecule has 6 heteroatoms. The van der Waals surface area contributed by atoms with E-state index in [4.69, 9.17) is 10.5 Å². The van der Waals surface area contributed by atoms with Gasteiger partial charge in [-0.05, 0) is 12.1 Å². The lowest BCUT2D eigenvalue weighted by atomic mass is 10.2. The molecule has 0 aromatic carbocycles. The highest BCUT2D eigenvalue weighted by Crippen LogP contribution is 2.34. The molecule has 4 nitrogen and oxygen atoms in total. The molecule has 1 fully saturated rings. The van der Waals surface area contributed by atoms with E-state index in [2.05, 4.69) is 4.98 Å². The largest absolute Gasteiger partial charge is 0.397 e. The van der Waals surface area contributed by atoms with Crippen molar-refractivity contribution in [1.82, 2.24) is 4.98 Å². The summed E-state index contributed by atoms with van der Waals surface area (Å²) in [5, 5.41) is 0. The van der Waals surface area contributed by atoms with Gasteiger partial charge in [-0.2, -0.15) is 0 Å². The van der Waals surface area contributed by atoms with Crippen molar-refractivity contribution in [2.75, 3.05) is 30.9 Å². The first kappa shape index (κ1) is 12.0. The highest BCUT2D eigenvalue weighted by molar-refractivity contribution is 5.47. The average molecular weight is 243 g/mol. The highest BCUT2D eigenvalue weighted by atomic mass is 19.3. The zero-order chi connectivity index (χ0) is 12.5. The number of nitrogens with zero attached hydrogens (tertiary/aromatic N) is 2. The summed E-state index contributed by atoms with van der Waals surface area (Å²) >= 11 is 0. The number of hydrogen-bond donors (Lipinski definition) is 1. The van der Waals surface area contributed by atoms with Crippen LogP contribution in [-0.4, -0.2) is 37.2 Å². The van der Waals surface area contributed by atoms with Crippen LogP contribution in [0, 0.1) is 0 Å². The second kappa shape index (κ2) is 4.44. The van der Waals surface area contributed by atoms with Crippen LogP contribution < -0.4 is 10.6 Å². The third-order valence-electron chi connectivity index (χ3n) is 2.80. The van der Waals surface area contributed by atoms with Gasteiger partial charge in [0.1, 0.15) is 5.82 Å². The smallest absolute Gasteiger partial charge is 0.267 e. The predicted molar refractivity (Wildman–Crippen MR) is 61.2 cm³/mol. The molecular weight excluding hydrogens is 228 g/mol. The first-order valence-corrected chi connectivity index (χ1v) is 5.37. The molecule has 0 bridgehead atoms. The van der Waals surface area contributed by atoms with Crippen LogP contribution in [0.2, 0.25) is 0 Å². The molecule has 2 heterocycles. The van der Waals surface area contributed by atoms with Gasteiger partial charge in [0.05, 0.1) is 31.1 Å². The first-order chi connectivity index (χ1) is 8.02. The van der Waals surface area contributed by atoms with Gasteiger partial charge >= 0.3 is 0 Å². The minimum absolute atomic E-state index is 0.201. The molecule has 2 rings (SSSR count).